The van der Waals surface area contributed by atoms with Gasteiger partial charge in [-0.3, -0.25) is 0 Å². The van der Waals surface area contributed by atoms with Gasteiger partial charge in [0.05, 0.1) is 6.54 Å². The van der Waals surface area contributed by atoms with Gasteiger partial charge in [0.2, 0.25) is 0 Å². The van der Waals surface area contributed by atoms with Gasteiger partial charge in [0.15, 0.2) is 0 Å². The highest BCUT2D eigenvalue weighted by Gasteiger charge is 2.07. The zero-order valence-electron chi connectivity index (χ0n) is 10.8. The van der Waals surface area contributed by atoms with Crippen LogP contribution in [0, 0.1) is 6.92 Å². The van der Waals surface area contributed by atoms with Crippen molar-refractivity contribution in [1.29, 1.82) is 0 Å². The lowest BCUT2D eigenvalue weighted by Crippen LogP contribution is -2.47. The Bertz CT molecular complexity index is 547. The minimum absolute atomic E-state index is 0.453. The van der Waals surface area contributed by atoms with Crippen LogP contribution in [0.25, 0.3) is 0 Å². The Labute approximate surface area is 111 Å². The molecule has 0 aromatic heterocycles. The van der Waals surface area contributed by atoms with Crippen molar-refractivity contribution in [3.8, 4) is 11.5 Å². The summed E-state index contributed by atoms with van der Waals surface area (Å²) in [6.45, 7) is 2.67. The largest absolute Gasteiger partial charge is 0.519 e. The number of benzene rings is 2. The molecular weight excluding hydrogens is 242 g/mol. The van der Waals surface area contributed by atoms with Crippen LogP contribution in [-0.2, 0) is 6.54 Å². The van der Waals surface area contributed by atoms with Gasteiger partial charge in [-0.15, -0.1) is 0 Å². The minimum Gasteiger partial charge on any atom is -0.395 e. The molecule has 0 bridgehead atoms. The summed E-state index contributed by atoms with van der Waals surface area (Å²) in [5.41, 5.74) is 5.96. The molecule has 0 atom stereocenters. The molecule has 0 saturated carbocycles. The van der Waals surface area contributed by atoms with Gasteiger partial charge in [-0.05, 0) is 43.3 Å². The van der Waals surface area contributed by atoms with E-state index in [0.717, 1.165) is 11.1 Å². The van der Waals surface area contributed by atoms with Crippen molar-refractivity contribution in [3.63, 3.8) is 0 Å². The van der Waals surface area contributed by atoms with Crippen LogP contribution in [0.1, 0.15) is 11.1 Å². The number of hydrogen-bond acceptors (Lipinski definition) is 3. The Hall–Kier alpha value is -2.33. The maximum absolute atomic E-state index is 11.6. The highest BCUT2D eigenvalue weighted by atomic mass is 16.7. The summed E-state index contributed by atoms with van der Waals surface area (Å²) in [4.78, 5) is 11.6. The maximum atomic E-state index is 11.6. The van der Waals surface area contributed by atoms with Crippen LogP contribution in [0.5, 0.6) is 11.5 Å². The number of quaternary nitrogens is 1. The first-order valence-corrected chi connectivity index (χ1v) is 6.02. The van der Waals surface area contributed by atoms with E-state index in [1.807, 2.05) is 31.2 Å². The number of carbonyl (C=O) groups excluding carboxylic acids is 1. The molecule has 0 saturated heterocycles. The van der Waals surface area contributed by atoms with Crippen molar-refractivity contribution < 1.29 is 20.0 Å². The SMILES string of the molecule is Cc1ccc(OC(=O)Oc2ccc(C[NH3+])cc2)cc1. The van der Waals surface area contributed by atoms with Gasteiger partial charge in [-0.1, -0.05) is 17.7 Å². The zero-order valence-corrected chi connectivity index (χ0v) is 10.8. The van der Waals surface area contributed by atoms with Gasteiger partial charge in [0.1, 0.15) is 11.5 Å². The molecule has 19 heavy (non-hydrogen) atoms. The van der Waals surface area contributed by atoms with Crippen molar-refractivity contribution in [2.24, 2.45) is 0 Å². The van der Waals surface area contributed by atoms with Crippen molar-refractivity contribution in [3.05, 3.63) is 59.7 Å². The fraction of sp³-hybridized carbons (Fsp3) is 0.133. The van der Waals surface area contributed by atoms with E-state index in [2.05, 4.69) is 5.73 Å². The van der Waals surface area contributed by atoms with E-state index in [4.69, 9.17) is 9.47 Å². The zero-order chi connectivity index (χ0) is 13.7. The molecule has 4 heteroatoms. The second-order valence-corrected chi connectivity index (χ2v) is 4.16. The smallest absolute Gasteiger partial charge is 0.395 e. The molecule has 2 rings (SSSR count). The number of rotatable bonds is 3. The number of aryl methyl sites for hydroxylation is 1. The molecule has 98 valence electrons. The molecule has 0 aliphatic heterocycles. The molecule has 0 aliphatic carbocycles. The second kappa shape index (κ2) is 6.02. The third-order valence-corrected chi connectivity index (χ3v) is 2.64. The molecule has 0 heterocycles. The third kappa shape index (κ3) is 3.82. The Morgan fingerprint density at radius 1 is 0.947 bits per heavy atom. The first-order valence-electron chi connectivity index (χ1n) is 6.02. The standard InChI is InChI=1S/C15H15NO3/c1-11-2-6-13(7-3-11)18-15(17)19-14-8-4-12(10-16)5-9-14/h2-9H,10,16H2,1H3/p+1. The van der Waals surface area contributed by atoms with Crippen molar-refractivity contribution in [2.45, 2.75) is 13.5 Å². The molecule has 0 aliphatic rings. The number of ether oxygens (including phenoxy) is 2. The molecule has 2 aromatic carbocycles. The van der Waals surface area contributed by atoms with Crippen LogP contribution in [0.4, 0.5) is 4.79 Å². The molecule has 0 fully saturated rings. The average molecular weight is 258 g/mol. The molecule has 2 aromatic rings. The summed E-state index contributed by atoms with van der Waals surface area (Å²) >= 11 is 0. The van der Waals surface area contributed by atoms with Gasteiger partial charge in [-0.2, -0.15) is 0 Å². The summed E-state index contributed by atoms with van der Waals surface area (Å²) in [5.74, 6) is 0.916. The van der Waals surface area contributed by atoms with Gasteiger partial charge in [0.25, 0.3) is 0 Å². The average Bonchev–Trinajstić information content (AvgIpc) is 2.42. The van der Waals surface area contributed by atoms with Gasteiger partial charge in [0, 0.05) is 5.56 Å². The first-order chi connectivity index (χ1) is 9.17. The maximum Gasteiger partial charge on any atom is 0.519 e. The predicted molar refractivity (Wildman–Crippen MR) is 70.9 cm³/mol. The summed E-state index contributed by atoms with van der Waals surface area (Å²) in [7, 11) is 0. The van der Waals surface area contributed by atoms with Crippen molar-refractivity contribution >= 4 is 6.16 Å². The molecule has 0 unspecified atom stereocenters. The van der Waals surface area contributed by atoms with E-state index in [1.165, 1.54) is 0 Å². The van der Waals surface area contributed by atoms with Crippen LogP contribution in [0.15, 0.2) is 48.5 Å². The number of hydrogen-bond donors (Lipinski definition) is 1. The Balaban J connectivity index is 1.95. The molecule has 0 amide bonds. The highest BCUT2D eigenvalue weighted by Crippen LogP contribution is 2.15. The fourth-order valence-corrected chi connectivity index (χ4v) is 1.54. The fourth-order valence-electron chi connectivity index (χ4n) is 1.54. The quantitative estimate of drug-likeness (QED) is 0.678. The van der Waals surface area contributed by atoms with E-state index in [9.17, 15) is 4.79 Å². The van der Waals surface area contributed by atoms with Gasteiger partial charge >= 0.3 is 6.16 Å². The van der Waals surface area contributed by atoms with E-state index in [1.54, 1.807) is 24.3 Å². The first kappa shape index (κ1) is 13.1. The number of carbonyl (C=O) groups is 1. The summed E-state index contributed by atoms with van der Waals surface area (Å²) < 4.78 is 10.1. The normalized spacial score (nSPS) is 10.0. The predicted octanol–water partition coefficient (Wildman–Crippen LogP) is 2.31. The monoisotopic (exact) mass is 258 g/mol. The van der Waals surface area contributed by atoms with E-state index in [0.29, 0.717) is 18.0 Å². The molecule has 4 nitrogen and oxygen atoms in total. The van der Waals surface area contributed by atoms with E-state index >= 15 is 0 Å². The molecular formula is C15H16NO3+. The van der Waals surface area contributed by atoms with Crippen LogP contribution >= 0.6 is 0 Å². The molecule has 0 spiro atoms. The van der Waals surface area contributed by atoms with Gasteiger partial charge < -0.3 is 15.2 Å². The third-order valence-electron chi connectivity index (χ3n) is 2.64. The summed E-state index contributed by atoms with van der Waals surface area (Å²) in [5, 5.41) is 0. The van der Waals surface area contributed by atoms with E-state index < -0.39 is 6.16 Å². The summed E-state index contributed by atoms with van der Waals surface area (Å²) in [6, 6.07) is 14.3. The van der Waals surface area contributed by atoms with Crippen LogP contribution in [0.3, 0.4) is 0 Å². The Kier molecular flexibility index (Phi) is 4.15. The van der Waals surface area contributed by atoms with Gasteiger partial charge in [-0.25, -0.2) is 4.79 Å². The van der Waals surface area contributed by atoms with E-state index in [-0.39, 0.29) is 0 Å². The lowest BCUT2D eigenvalue weighted by Gasteiger charge is -2.06. The molecule has 3 N–H and O–H groups in total. The lowest BCUT2D eigenvalue weighted by atomic mass is 10.2. The van der Waals surface area contributed by atoms with Crippen molar-refractivity contribution in [1.82, 2.24) is 0 Å². The Morgan fingerprint density at radius 3 is 1.89 bits per heavy atom. The lowest BCUT2D eigenvalue weighted by molar-refractivity contribution is -0.386. The van der Waals surface area contributed by atoms with Crippen LogP contribution < -0.4 is 15.2 Å². The molecule has 0 radical (unpaired) electrons. The van der Waals surface area contributed by atoms with Crippen LogP contribution in [0.2, 0.25) is 0 Å². The highest BCUT2D eigenvalue weighted by molar-refractivity contribution is 5.67. The second-order valence-electron chi connectivity index (χ2n) is 4.16. The van der Waals surface area contributed by atoms with Crippen LogP contribution in [-0.4, -0.2) is 6.16 Å². The Morgan fingerprint density at radius 2 is 1.42 bits per heavy atom. The minimum atomic E-state index is -0.744. The summed E-state index contributed by atoms with van der Waals surface area (Å²) in [6.07, 6.45) is -0.744. The van der Waals surface area contributed by atoms with Crippen molar-refractivity contribution in [2.75, 3.05) is 0 Å². The topological polar surface area (TPSA) is 63.2 Å².